The van der Waals surface area contributed by atoms with Crippen LogP contribution in [0.5, 0.6) is 0 Å². The van der Waals surface area contributed by atoms with Crippen LogP contribution in [0, 0.1) is 0 Å². The number of aliphatic hydroxyl groups is 2. The zero-order valence-corrected chi connectivity index (χ0v) is 24.5. The first-order valence-corrected chi connectivity index (χ1v) is 15.9. The van der Waals surface area contributed by atoms with Crippen LogP contribution in [-0.2, 0) is 24.4 Å². The average Bonchev–Trinajstić information content (AvgIpc) is 3.35. The Morgan fingerprint density at radius 1 is 0.900 bits per heavy atom. The minimum atomic E-state index is -2.86. The van der Waals surface area contributed by atoms with Crippen LogP contribution in [0.2, 0.25) is 5.04 Å². The third kappa shape index (κ3) is 5.23. The van der Waals surface area contributed by atoms with Crippen molar-refractivity contribution in [1.29, 1.82) is 0 Å². The van der Waals surface area contributed by atoms with E-state index in [1.807, 2.05) is 66.7 Å². The van der Waals surface area contributed by atoms with E-state index in [1.54, 1.807) is 6.08 Å². The topological polar surface area (TPSA) is 77.4 Å². The van der Waals surface area contributed by atoms with Gasteiger partial charge in [-0.3, -0.25) is 0 Å². The van der Waals surface area contributed by atoms with Crippen molar-refractivity contribution in [1.82, 2.24) is 0 Å². The summed E-state index contributed by atoms with van der Waals surface area (Å²) in [5.41, 5.74) is 0.830. The number of rotatable bonds is 9. The lowest BCUT2D eigenvalue weighted by atomic mass is 9.93. The van der Waals surface area contributed by atoms with Gasteiger partial charge in [-0.2, -0.15) is 0 Å². The Bertz CT molecular complexity index is 1210. The van der Waals surface area contributed by atoms with E-state index < -0.39 is 44.6 Å². The summed E-state index contributed by atoms with van der Waals surface area (Å²) >= 11 is 0. The van der Waals surface area contributed by atoms with Crippen LogP contribution >= 0.6 is 0 Å². The van der Waals surface area contributed by atoms with Gasteiger partial charge in [-0.1, -0.05) is 118 Å². The van der Waals surface area contributed by atoms with Gasteiger partial charge in [0.1, 0.15) is 24.4 Å². The molecule has 6 atom stereocenters. The SMILES string of the molecule is C=CCOC1(c2ccccc2)CC2OC(CO[Si](c3ccccc3)(c3ccccc3)C(C)(C)C)C(O)C(O)C2O1. The highest BCUT2D eigenvalue weighted by Crippen LogP contribution is 2.46. The highest BCUT2D eigenvalue weighted by Gasteiger charge is 2.58. The summed E-state index contributed by atoms with van der Waals surface area (Å²) in [5.74, 6) is -1.11. The number of hydrogen-bond acceptors (Lipinski definition) is 6. The molecule has 3 aromatic rings. The highest BCUT2D eigenvalue weighted by atomic mass is 28.4. The highest BCUT2D eigenvalue weighted by molar-refractivity contribution is 6.99. The number of ether oxygens (including phenoxy) is 3. The molecule has 0 bridgehead atoms. The van der Waals surface area contributed by atoms with Crippen molar-refractivity contribution in [2.75, 3.05) is 13.2 Å². The Hall–Kier alpha value is -2.62. The minimum absolute atomic E-state index is 0.126. The molecule has 0 saturated carbocycles. The molecule has 3 aromatic carbocycles. The molecule has 0 aromatic heterocycles. The number of benzene rings is 3. The monoisotopic (exact) mass is 560 g/mol. The Morgan fingerprint density at radius 3 is 1.98 bits per heavy atom. The molecule has 2 saturated heterocycles. The summed E-state index contributed by atoms with van der Waals surface area (Å²) in [7, 11) is -2.86. The summed E-state index contributed by atoms with van der Waals surface area (Å²) in [6, 6.07) is 30.3. The molecule has 2 aliphatic rings. The number of fused-ring (bicyclic) bond motifs is 1. The molecule has 0 aliphatic carbocycles. The average molecular weight is 561 g/mol. The fraction of sp³-hybridized carbons (Fsp3) is 0.394. The Kier molecular flexibility index (Phi) is 8.45. The molecule has 6 unspecified atom stereocenters. The van der Waals surface area contributed by atoms with Gasteiger partial charge in [-0.25, -0.2) is 0 Å². The van der Waals surface area contributed by atoms with Crippen LogP contribution in [0.1, 0.15) is 32.8 Å². The summed E-state index contributed by atoms with van der Waals surface area (Å²) in [6.45, 7) is 10.8. The van der Waals surface area contributed by atoms with Crippen molar-refractivity contribution in [2.45, 2.75) is 68.5 Å². The quantitative estimate of drug-likeness (QED) is 0.306. The second-order valence-corrected chi connectivity index (χ2v) is 16.0. The lowest BCUT2D eigenvalue weighted by Gasteiger charge is -2.45. The molecule has 6 nitrogen and oxygen atoms in total. The van der Waals surface area contributed by atoms with Gasteiger partial charge < -0.3 is 28.8 Å². The van der Waals surface area contributed by atoms with Gasteiger partial charge in [0.25, 0.3) is 8.32 Å². The largest absolute Gasteiger partial charge is 0.405 e. The maximum Gasteiger partial charge on any atom is 0.261 e. The van der Waals surface area contributed by atoms with Gasteiger partial charge in [0.05, 0.1) is 19.3 Å². The van der Waals surface area contributed by atoms with Crippen molar-refractivity contribution >= 4 is 18.7 Å². The van der Waals surface area contributed by atoms with E-state index in [2.05, 4.69) is 51.6 Å². The van der Waals surface area contributed by atoms with E-state index in [1.165, 1.54) is 0 Å². The zero-order chi connectivity index (χ0) is 28.4. The van der Waals surface area contributed by atoms with Gasteiger partial charge in [0, 0.05) is 12.0 Å². The van der Waals surface area contributed by atoms with E-state index in [0.717, 1.165) is 15.9 Å². The van der Waals surface area contributed by atoms with Crippen LogP contribution in [0.3, 0.4) is 0 Å². The van der Waals surface area contributed by atoms with Gasteiger partial charge in [0.15, 0.2) is 5.79 Å². The van der Waals surface area contributed by atoms with Crippen molar-refractivity contribution in [2.24, 2.45) is 0 Å². The van der Waals surface area contributed by atoms with Crippen LogP contribution in [-0.4, -0.2) is 62.3 Å². The van der Waals surface area contributed by atoms with Gasteiger partial charge in [0.2, 0.25) is 0 Å². The van der Waals surface area contributed by atoms with Crippen LogP contribution < -0.4 is 10.4 Å². The molecule has 2 heterocycles. The molecule has 2 N–H and O–H groups in total. The van der Waals surface area contributed by atoms with Crippen LogP contribution in [0.15, 0.2) is 104 Å². The predicted octanol–water partition coefficient (Wildman–Crippen LogP) is 3.90. The van der Waals surface area contributed by atoms with Crippen molar-refractivity contribution in [3.8, 4) is 0 Å². The lowest BCUT2D eigenvalue weighted by molar-refractivity contribution is -0.265. The van der Waals surface area contributed by atoms with E-state index in [-0.39, 0.29) is 18.3 Å². The number of aliphatic hydroxyl groups excluding tert-OH is 2. The smallest absolute Gasteiger partial charge is 0.261 e. The van der Waals surface area contributed by atoms with Gasteiger partial charge in [-0.05, 0) is 15.4 Å². The van der Waals surface area contributed by atoms with Crippen molar-refractivity contribution in [3.05, 3.63) is 109 Å². The fourth-order valence-electron chi connectivity index (χ4n) is 6.21. The van der Waals surface area contributed by atoms with Crippen molar-refractivity contribution in [3.63, 3.8) is 0 Å². The zero-order valence-electron chi connectivity index (χ0n) is 23.5. The van der Waals surface area contributed by atoms with E-state index in [9.17, 15) is 10.2 Å². The summed E-state index contributed by atoms with van der Waals surface area (Å²) in [5, 5.41) is 24.6. The minimum Gasteiger partial charge on any atom is -0.405 e. The molecule has 40 heavy (non-hydrogen) atoms. The third-order valence-corrected chi connectivity index (χ3v) is 13.1. The van der Waals surface area contributed by atoms with Crippen molar-refractivity contribution < 1.29 is 28.8 Å². The third-order valence-electron chi connectivity index (χ3n) is 8.11. The van der Waals surface area contributed by atoms with E-state index in [0.29, 0.717) is 6.42 Å². The summed E-state index contributed by atoms with van der Waals surface area (Å²) < 4.78 is 26.1. The predicted molar refractivity (Wildman–Crippen MR) is 158 cm³/mol. The fourth-order valence-corrected chi connectivity index (χ4v) is 10.8. The first-order valence-electron chi connectivity index (χ1n) is 14.0. The molecule has 5 rings (SSSR count). The molecule has 212 valence electrons. The standard InChI is InChI=1S/C33H40O6Si/c1-5-21-36-33(24-15-9-6-10-16-24)22-27-31(39-33)30(35)29(34)28(38-27)23-37-40(32(2,3)4,25-17-11-7-12-18-25)26-19-13-8-14-20-26/h5-20,27-31,34-35H,1,21-23H2,2-4H3. The van der Waals surface area contributed by atoms with E-state index in [4.69, 9.17) is 18.6 Å². The Labute approximate surface area is 238 Å². The van der Waals surface area contributed by atoms with Crippen LogP contribution in [0.4, 0.5) is 0 Å². The summed E-state index contributed by atoms with van der Waals surface area (Å²) in [6.07, 6.45) is -2.29. The second kappa shape index (κ2) is 11.7. The molecule has 0 radical (unpaired) electrons. The molecular formula is C33H40O6Si. The molecule has 2 fully saturated rings. The summed E-state index contributed by atoms with van der Waals surface area (Å²) in [4.78, 5) is 0. The molecule has 7 heteroatoms. The molecule has 2 aliphatic heterocycles. The maximum atomic E-state index is 11.3. The molecular weight excluding hydrogens is 520 g/mol. The lowest BCUT2D eigenvalue weighted by Crippen LogP contribution is -2.68. The van der Waals surface area contributed by atoms with Gasteiger partial charge in [-0.15, -0.1) is 6.58 Å². The van der Waals surface area contributed by atoms with E-state index >= 15 is 0 Å². The molecule has 0 amide bonds. The Morgan fingerprint density at radius 2 is 1.45 bits per heavy atom. The number of hydrogen-bond donors (Lipinski definition) is 2. The second-order valence-electron chi connectivity index (χ2n) is 11.7. The normalized spacial score (nSPS) is 28.7. The maximum absolute atomic E-state index is 11.3. The van der Waals surface area contributed by atoms with Crippen LogP contribution in [0.25, 0.3) is 0 Å². The van der Waals surface area contributed by atoms with Gasteiger partial charge >= 0.3 is 0 Å². The first-order chi connectivity index (χ1) is 19.2. The molecule has 0 spiro atoms. The first kappa shape index (κ1) is 28.9. The Balaban J connectivity index is 1.44.